The van der Waals surface area contributed by atoms with Gasteiger partial charge in [-0.1, -0.05) is 81.5 Å². The van der Waals surface area contributed by atoms with Gasteiger partial charge < -0.3 is 5.11 Å². The van der Waals surface area contributed by atoms with E-state index in [0.29, 0.717) is 0 Å². The lowest BCUT2D eigenvalue weighted by Gasteiger charge is -2.11. The summed E-state index contributed by atoms with van der Waals surface area (Å²) < 4.78 is 0. The second-order valence-electron chi connectivity index (χ2n) is 5.59. The van der Waals surface area contributed by atoms with Crippen molar-refractivity contribution in [2.45, 2.75) is 71.3 Å². The topological polar surface area (TPSA) is 20.2 Å². The summed E-state index contributed by atoms with van der Waals surface area (Å²) in [5.41, 5.74) is 2.43. The Labute approximate surface area is 124 Å². The highest BCUT2D eigenvalue weighted by molar-refractivity contribution is 5.22. The predicted octanol–water partition coefficient (Wildman–Crippen LogP) is 5.81. The van der Waals surface area contributed by atoms with E-state index in [9.17, 15) is 5.11 Å². The van der Waals surface area contributed by atoms with Crippen LogP contribution in [0.25, 0.3) is 0 Å². The van der Waals surface area contributed by atoms with Gasteiger partial charge in [0.2, 0.25) is 0 Å². The van der Waals surface area contributed by atoms with Crippen LogP contribution in [0.1, 0.15) is 76.9 Å². The van der Waals surface area contributed by atoms with Crippen molar-refractivity contribution < 1.29 is 5.11 Å². The molecule has 1 atom stereocenters. The Kier molecular flexibility index (Phi) is 9.06. The van der Waals surface area contributed by atoms with Crippen molar-refractivity contribution in [1.29, 1.82) is 0 Å². The molecule has 20 heavy (non-hydrogen) atoms. The molecule has 0 fully saturated rings. The van der Waals surface area contributed by atoms with E-state index in [1.165, 1.54) is 44.1 Å². The molecule has 0 saturated heterocycles. The molecule has 1 rings (SSSR count). The van der Waals surface area contributed by atoms with Crippen LogP contribution in [-0.4, -0.2) is 5.11 Å². The molecular weight excluding hydrogens is 244 g/mol. The fourth-order valence-electron chi connectivity index (χ4n) is 2.44. The first-order valence-electron chi connectivity index (χ1n) is 8.20. The van der Waals surface area contributed by atoms with Gasteiger partial charge in [0.15, 0.2) is 0 Å². The SMILES string of the molecule is CCCCCC/C(=C/C(O)c1ccccc1)CCCC. The number of hydrogen-bond acceptors (Lipinski definition) is 1. The largest absolute Gasteiger partial charge is 0.384 e. The molecule has 1 heteroatoms. The van der Waals surface area contributed by atoms with Crippen molar-refractivity contribution in [1.82, 2.24) is 0 Å². The standard InChI is InChI=1S/C19H30O/c1-3-5-7-9-13-17(12-6-4-2)16-19(20)18-14-10-8-11-15-18/h8,10-11,14-16,19-20H,3-7,9,12-13H2,1-2H3/b17-16+. The van der Waals surface area contributed by atoms with Crippen LogP contribution in [0, 0.1) is 0 Å². The Morgan fingerprint density at radius 2 is 1.60 bits per heavy atom. The lowest BCUT2D eigenvalue weighted by Crippen LogP contribution is -1.96. The Hall–Kier alpha value is -1.08. The van der Waals surface area contributed by atoms with Crippen LogP contribution < -0.4 is 0 Å². The molecule has 0 saturated carbocycles. The van der Waals surface area contributed by atoms with Crippen LogP contribution in [0.5, 0.6) is 0 Å². The average molecular weight is 274 g/mol. The Balaban J connectivity index is 2.58. The number of allylic oxidation sites excluding steroid dienone is 1. The summed E-state index contributed by atoms with van der Waals surface area (Å²) in [5.74, 6) is 0. The van der Waals surface area contributed by atoms with E-state index in [4.69, 9.17) is 0 Å². The molecule has 0 heterocycles. The van der Waals surface area contributed by atoms with Crippen molar-refractivity contribution in [2.24, 2.45) is 0 Å². The summed E-state index contributed by atoms with van der Waals surface area (Å²) >= 11 is 0. The molecule has 0 aliphatic rings. The molecule has 1 nitrogen and oxygen atoms in total. The summed E-state index contributed by atoms with van der Waals surface area (Å²) in [6.07, 6.45) is 11.5. The number of unbranched alkanes of at least 4 members (excludes halogenated alkanes) is 4. The zero-order valence-electron chi connectivity index (χ0n) is 13.1. The molecule has 0 aliphatic carbocycles. The third-order valence-corrected chi connectivity index (χ3v) is 3.74. The zero-order chi connectivity index (χ0) is 14.6. The predicted molar refractivity (Wildman–Crippen MR) is 87.8 cm³/mol. The molecule has 1 aromatic carbocycles. The number of aliphatic hydroxyl groups excluding tert-OH is 1. The monoisotopic (exact) mass is 274 g/mol. The van der Waals surface area contributed by atoms with E-state index in [1.54, 1.807) is 0 Å². The molecule has 1 aromatic rings. The first kappa shape index (κ1) is 17.0. The van der Waals surface area contributed by atoms with E-state index in [0.717, 1.165) is 18.4 Å². The molecule has 1 N–H and O–H groups in total. The van der Waals surface area contributed by atoms with Gasteiger partial charge >= 0.3 is 0 Å². The highest BCUT2D eigenvalue weighted by atomic mass is 16.3. The lowest BCUT2D eigenvalue weighted by atomic mass is 9.98. The summed E-state index contributed by atoms with van der Waals surface area (Å²) in [4.78, 5) is 0. The zero-order valence-corrected chi connectivity index (χ0v) is 13.1. The quantitative estimate of drug-likeness (QED) is 0.422. The number of aliphatic hydroxyl groups is 1. The van der Waals surface area contributed by atoms with Gasteiger partial charge in [0, 0.05) is 0 Å². The van der Waals surface area contributed by atoms with Gasteiger partial charge in [0.05, 0.1) is 6.10 Å². The first-order valence-corrected chi connectivity index (χ1v) is 8.20. The van der Waals surface area contributed by atoms with Crippen LogP contribution in [0.3, 0.4) is 0 Å². The van der Waals surface area contributed by atoms with E-state index < -0.39 is 6.10 Å². The number of rotatable bonds is 10. The maximum atomic E-state index is 10.3. The van der Waals surface area contributed by atoms with Gasteiger partial charge in [-0.15, -0.1) is 0 Å². The van der Waals surface area contributed by atoms with Crippen LogP contribution in [-0.2, 0) is 0 Å². The molecule has 0 radical (unpaired) electrons. The molecule has 0 spiro atoms. The highest BCUT2D eigenvalue weighted by Crippen LogP contribution is 2.22. The fraction of sp³-hybridized carbons (Fsp3) is 0.579. The van der Waals surface area contributed by atoms with Crippen LogP contribution in [0.4, 0.5) is 0 Å². The summed E-state index contributed by atoms with van der Waals surface area (Å²) in [5, 5.41) is 10.3. The maximum absolute atomic E-state index is 10.3. The lowest BCUT2D eigenvalue weighted by molar-refractivity contribution is 0.227. The van der Waals surface area contributed by atoms with Gasteiger partial charge in [0.1, 0.15) is 0 Å². The third-order valence-electron chi connectivity index (χ3n) is 3.74. The minimum absolute atomic E-state index is 0.450. The molecular formula is C19H30O. The second-order valence-corrected chi connectivity index (χ2v) is 5.59. The van der Waals surface area contributed by atoms with Gasteiger partial charge in [-0.3, -0.25) is 0 Å². The Morgan fingerprint density at radius 3 is 2.25 bits per heavy atom. The molecule has 112 valence electrons. The highest BCUT2D eigenvalue weighted by Gasteiger charge is 2.06. The van der Waals surface area contributed by atoms with E-state index in [2.05, 4.69) is 19.9 Å². The molecule has 0 amide bonds. The molecule has 0 bridgehead atoms. The first-order chi connectivity index (χ1) is 9.77. The van der Waals surface area contributed by atoms with E-state index in [1.807, 2.05) is 30.3 Å². The van der Waals surface area contributed by atoms with Crippen molar-refractivity contribution in [3.8, 4) is 0 Å². The van der Waals surface area contributed by atoms with Crippen molar-refractivity contribution >= 4 is 0 Å². The fourth-order valence-corrected chi connectivity index (χ4v) is 2.44. The Morgan fingerprint density at radius 1 is 0.950 bits per heavy atom. The molecule has 1 unspecified atom stereocenters. The minimum atomic E-state index is -0.450. The summed E-state index contributed by atoms with van der Waals surface area (Å²) in [6.45, 7) is 4.47. The van der Waals surface area contributed by atoms with Crippen molar-refractivity contribution in [2.75, 3.05) is 0 Å². The maximum Gasteiger partial charge on any atom is 0.0974 e. The number of benzene rings is 1. The average Bonchev–Trinajstić information content (AvgIpc) is 2.49. The van der Waals surface area contributed by atoms with Gasteiger partial charge in [0.25, 0.3) is 0 Å². The van der Waals surface area contributed by atoms with Crippen LogP contribution in [0.15, 0.2) is 42.0 Å². The summed E-state index contributed by atoms with van der Waals surface area (Å²) in [6, 6.07) is 9.95. The molecule has 0 aliphatic heterocycles. The van der Waals surface area contributed by atoms with Crippen molar-refractivity contribution in [3.63, 3.8) is 0 Å². The number of hydrogen-bond donors (Lipinski definition) is 1. The summed E-state index contributed by atoms with van der Waals surface area (Å²) in [7, 11) is 0. The normalized spacial score (nSPS) is 13.4. The van der Waals surface area contributed by atoms with Gasteiger partial charge in [-0.25, -0.2) is 0 Å². The molecule has 0 aromatic heterocycles. The van der Waals surface area contributed by atoms with E-state index in [-0.39, 0.29) is 0 Å². The second kappa shape index (κ2) is 10.7. The smallest absolute Gasteiger partial charge is 0.0974 e. The third kappa shape index (κ3) is 6.91. The van der Waals surface area contributed by atoms with Gasteiger partial charge in [-0.05, 0) is 31.2 Å². The van der Waals surface area contributed by atoms with Crippen LogP contribution in [0.2, 0.25) is 0 Å². The Bertz CT molecular complexity index is 367. The van der Waals surface area contributed by atoms with Gasteiger partial charge in [-0.2, -0.15) is 0 Å². The van der Waals surface area contributed by atoms with Crippen LogP contribution >= 0.6 is 0 Å². The van der Waals surface area contributed by atoms with Crippen molar-refractivity contribution in [3.05, 3.63) is 47.5 Å². The van der Waals surface area contributed by atoms with E-state index >= 15 is 0 Å². The minimum Gasteiger partial charge on any atom is -0.384 e.